The Balaban J connectivity index is 1.37. The smallest absolute Gasteiger partial charge is 0.343 e. The van der Waals surface area contributed by atoms with E-state index in [9.17, 15) is 9.90 Å². The van der Waals surface area contributed by atoms with Crippen LogP contribution in [0.15, 0.2) is 74.6 Å². The third kappa shape index (κ3) is 6.02. The first-order valence-corrected chi connectivity index (χ1v) is 10.5. The first kappa shape index (κ1) is 21.8. The largest absolute Gasteiger partial charge is 0.504 e. The molecule has 0 spiro atoms. The molecule has 2 aromatic rings. The summed E-state index contributed by atoms with van der Waals surface area (Å²) in [5.41, 5.74) is 4.00. The van der Waals surface area contributed by atoms with Crippen LogP contribution in [-0.2, 0) is 22.4 Å². The molecule has 0 aliphatic carbocycles. The van der Waals surface area contributed by atoms with Gasteiger partial charge in [-0.15, -0.1) is 0 Å². The Hall–Kier alpha value is -2.95. The Morgan fingerprint density at radius 3 is 2.80 bits per heavy atom. The molecule has 1 aliphatic heterocycles. The molecule has 0 amide bonds. The molecule has 3 heterocycles. The molecule has 1 atom stereocenters. The third-order valence-corrected chi connectivity index (χ3v) is 5.35. The molecular weight excluding hydrogens is 380 g/mol. The van der Waals surface area contributed by atoms with E-state index in [1.807, 2.05) is 18.4 Å². The van der Waals surface area contributed by atoms with Gasteiger partial charge in [-0.05, 0) is 81.2 Å². The number of aryl methyl sites for hydroxylation is 1. The number of carbonyl (C=O) groups excluding carboxylic acids is 1. The maximum Gasteiger partial charge on any atom is 0.343 e. The quantitative estimate of drug-likeness (QED) is 0.361. The molecule has 0 saturated carbocycles. The summed E-state index contributed by atoms with van der Waals surface area (Å²) in [5.74, 6) is 0.965. The van der Waals surface area contributed by atoms with Gasteiger partial charge in [0, 0.05) is 6.42 Å². The normalized spacial score (nSPS) is 17.1. The van der Waals surface area contributed by atoms with Gasteiger partial charge >= 0.3 is 5.97 Å². The van der Waals surface area contributed by atoms with E-state index in [1.165, 1.54) is 11.1 Å². The van der Waals surface area contributed by atoms with Crippen LogP contribution in [0.2, 0.25) is 0 Å². The fraction of sp³-hybridized carbons (Fsp3) is 0.400. The van der Waals surface area contributed by atoms with Crippen molar-refractivity contribution in [1.82, 2.24) is 0 Å². The van der Waals surface area contributed by atoms with E-state index in [1.54, 1.807) is 19.5 Å². The van der Waals surface area contributed by atoms with Gasteiger partial charge in [0.05, 0.1) is 24.4 Å². The zero-order valence-corrected chi connectivity index (χ0v) is 17.9. The minimum atomic E-state index is -0.465. The molecule has 5 nitrogen and oxygen atoms in total. The van der Waals surface area contributed by atoms with E-state index >= 15 is 0 Å². The lowest BCUT2D eigenvalue weighted by Crippen LogP contribution is -1.97. The summed E-state index contributed by atoms with van der Waals surface area (Å²) in [6.07, 6.45) is 15.2. The molecule has 1 aliphatic rings. The number of cyclic esters (lactones) is 1. The highest BCUT2D eigenvalue weighted by Crippen LogP contribution is 2.26. The van der Waals surface area contributed by atoms with E-state index in [2.05, 4.69) is 26.0 Å². The molecule has 30 heavy (non-hydrogen) atoms. The molecule has 0 saturated heterocycles. The molecule has 0 aromatic carbocycles. The fourth-order valence-electron chi connectivity index (χ4n) is 3.47. The van der Waals surface area contributed by atoms with E-state index in [-0.39, 0.29) is 23.0 Å². The highest BCUT2D eigenvalue weighted by Gasteiger charge is 2.26. The van der Waals surface area contributed by atoms with Crippen molar-refractivity contribution in [3.63, 3.8) is 0 Å². The van der Waals surface area contributed by atoms with Gasteiger partial charge < -0.3 is 18.7 Å². The van der Waals surface area contributed by atoms with Crippen molar-refractivity contribution < 1.29 is 23.5 Å². The second kappa shape index (κ2) is 10.2. The van der Waals surface area contributed by atoms with Crippen LogP contribution in [0, 0.1) is 5.92 Å². The first-order chi connectivity index (χ1) is 14.4. The van der Waals surface area contributed by atoms with Crippen LogP contribution < -0.4 is 0 Å². The van der Waals surface area contributed by atoms with Gasteiger partial charge in [0.15, 0.2) is 11.5 Å². The highest BCUT2D eigenvalue weighted by molar-refractivity contribution is 5.93. The number of aliphatic hydroxyl groups is 1. The fourth-order valence-corrected chi connectivity index (χ4v) is 3.47. The SMILES string of the molecule is CC1=C(O)/C(=C/C(C)CC/C=C(/C)CCCc2coc(Cc3ccoc3)c2)OC1=O. The summed E-state index contributed by atoms with van der Waals surface area (Å²) in [4.78, 5) is 11.5. The second-order valence-corrected chi connectivity index (χ2v) is 8.08. The van der Waals surface area contributed by atoms with E-state index in [0.717, 1.165) is 49.8 Å². The Morgan fingerprint density at radius 1 is 1.27 bits per heavy atom. The Bertz CT molecular complexity index is 940. The lowest BCUT2D eigenvalue weighted by Gasteiger charge is -2.07. The number of rotatable bonds is 10. The van der Waals surface area contributed by atoms with Crippen LogP contribution in [0.3, 0.4) is 0 Å². The maximum absolute atomic E-state index is 11.5. The van der Waals surface area contributed by atoms with Crippen molar-refractivity contribution in [1.29, 1.82) is 0 Å². The third-order valence-electron chi connectivity index (χ3n) is 5.35. The van der Waals surface area contributed by atoms with Crippen LogP contribution in [0.25, 0.3) is 0 Å². The first-order valence-electron chi connectivity index (χ1n) is 10.5. The zero-order valence-electron chi connectivity index (χ0n) is 17.9. The minimum Gasteiger partial charge on any atom is -0.504 e. The highest BCUT2D eigenvalue weighted by atomic mass is 16.6. The van der Waals surface area contributed by atoms with Gasteiger partial charge in [0.25, 0.3) is 0 Å². The van der Waals surface area contributed by atoms with E-state index < -0.39 is 5.97 Å². The van der Waals surface area contributed by atoms with Gasteiger partial charge in [-0.3, -0.25) is 0 Å². The molecule has 0 bridgehead atoms. The van der Waals surface area contributed by atoms with Gasteiger partial charge in [0.1, 0.15) is 5.76 Å². The summed E-state index contributed by atoms with van der Waals surface area (Å²) < 4.78 is 15.8. The van der Waals surface area contributed by atoms with Crippen molar-refractivity contribution in [2.45, 2.75) is 59.3 Å². The molecule has 1 N–H and O–H groups in total. The van der Waals surface area contributed by atoms with Crippen LogP contribution in [0.4, 0.5) is 0 Å². The van der Waals surface area contributed by atoms with Gasteiger partial charge in [-0.25, -0.2) is 4.79 Å². The number of allylic oxidation sites excluding steroid dienone is 3. The van der Waals surface area contributed by atoms with Crippen LogP contribution in [-0.4, -0.2) is 11.1 Å². The number of hydrogen-bond donors (Lipinski definition) is 1. The topological polar surface area (TPSA) is 72.8 Å². The number of furan rings is 2. The van der Waals surface area contributed by atoms with Crippen molar-refractivity contribution >= 4 is 5.97 Å². The monoisotopic (exact) mass is 410 g/mol. The predicted octanol–water partition coefficient (Wildman–Crippen LogP) is 6.42. The lowest BCUT2D eigenvalue weighted by atomic mass is 10.0. The molecule has 0 fully saturated rings. The summed E-state index contributed by atoms with van der Waals surface area (Å²) in [5, 5.41) is 9.89. The average Bonchev–Trinajstić information content (AvgIpc) is 3.43. The number of carbonyl (C=O) groups is 1. The lowest BCUT2D eigenvalue weighted by molar-refractivity contribution is -0.133. The second-order valence-electron chi connectivity index (χ2n) is 8.08. The van der Waals surface area contributed by atoms with Gasteiger partial charge in [-0.1, -0.05) is 18.6 Å². The molecule has 0 radical (unpaired) electrons. The van der Waals surface area contributed by atoms with E-state index in [0.29, 0.717) is 0 Å². The average molecular weight is 411 g/mol. The molecule has 5 heteroatoms. The molecule has 1 unspecified atom stereocenters. The minimum absolute atomic E-state index is 0.0363. The Morgan fingerprint density at radius 2 is 2.10 bits per heavy atom. The molecule has 3 rings (SSSR count). The number of esters is 1. The maximum atomic E-state index is 11.5. The predicted molar refractivity (Wildman–Crippen MR) is 115 cm³/mol. The van der Waals surface area contributed by atoms with Crippen molar-refractivity contribution in [3.05, 3.63) is 82.6 Å². The van der Waals surface area contributed by atoms with Gasteiger partial charge in [0.2, 0.25) is 0 Å². The van der Waals surface area contributed by atoms with Crippen molar-refractivity contribution in [2.24, 2.45) is 5.92 Å². The molecule has 2 aromatic heterocycles. The number of hydrogen-bond acceptors (Lipinski definition) is 5. The van der Waals surface area contributed by atoms with Crippen LogP contribution >= 0.6 is 0 Å². The summed E-state index contributed by atoms with van der Waals surface area (Å²) in [6, 6.07) is 4.08. The summed E-state index contributed by atoms with van der Waals surface area (Å²) in [7, 11) is 0. The van der Waals surface area contributed by atoms with Crippen LogP contribution in [0.1, 0.15) is 63.3 Å². The summed E-state index contributed by atoms with van der Waals surface area (Å²) in [6.45, 7) is 5.80. The Labute approximate surface area is 177 Å². The number of aliphatic hydroxyl groups excluding tert-OH is 1. The number of ether oxygens (including phenoxy) is 1. The standard InChI is InChI=1S/C25H30O5/c1-17(6-4-8-18(2)12-23-24(26)19(3)25(27)30-23)7-5-9-20-13-22(29-16-20)14-21-10-11-28-15-21/h6,10-13,15-16,18,26H,4-5,7-9,14H2,1-3H3/b17-6-,23-12-. The summed E-state index contributed by atoms with van der Waals surface area (Å²) >= 11 is 0. The van der Waals surface area contributed by atoms with Crippen LogP contribution in [0.5, 0.6) is 0 Å². The van der Waals surface area contributed by atoms with E-state index in [4.69, 9.17) is 13.6 Å². The van der Waals surface area contributed by atoms with Gasteiger partial charge in [-0.2, -0.15) is 0 Å². The van der Waals surface area contributed by atoms with Crippen molar-refractivity contribution in [3.8, 4) is 0 Å². The van der Waals surface area contributed by atoms with Crippen molar-refractivity contribution in [2.75, 3.05) is 0 Å². The molecule has 160 valence electrons. The zero-order chi connectivity index (χ0) is 21.5. The molecular formula is C25H30O5. The Kier molecular flexibility index (Phi) is 7.39.